The van der Waals surface area contributed by atoms with Crippen molar-refractivity contribution in [2.24, 2.45) is 11.7 Å². The number of benzene rings is 2. The van der Waals surface area contributed by atoms with E-state index in [0.29, 0.717) is 22.0 Å². The van der Waals surface area contributed by atoms with Gasteiger partial charge in [0.2, 0.25) is 5.91 Å². The van der Waals surface area contributed by atoms with Gasteiger partial charge in [0.1, 0.15) is 17.3 Å². The molecule has 3 atom stereocenters. The molecule has 3 unspecified atom stereocenters. The van der Waals surface area contributed by atoms with E-state index in [9.17, 15) is 18.4 Å². The van der Waals surface area contributed by atoms with E-state index in [1.165, 1.54) is 18.2 Å². The molecule has 4 aromatic rings. The molecule has 0 spiro atoms. The molecule has 0 bridgehead atoms. The number of allylic oxidation sites excluding steroid dienone is 1. The van der Waals surface area contributed by atoms with Gasteiger partial charge in [0.25, 0.3) is 5.91 Å². The number of pyridine rings is 1. The number of nitrogens with zero attached hydrogens (tertiary/aromatic N) is 2. The zero-order chi connectivity index (χ0) is 32.6. The fraction of sp³-hybridized carbons (Fsp3) is 0.286. The van der Waals surface area contributed by atoms with E-state index in [1.807, 2.05) is 49.7 Å². The molecule has 0 radical (unpaired) electrons. The minimum absolute atomic E-state index is 0.160. The molecule has 10 heteroatoms. The normalized spacial score (nSPS) is 18.4. The molecule has 4 N–H and O–H groups in total. The smallest absolute Gasteiger partial charge is 0.250 e. The summed E-state index contributed by atoms with van der Waals surface area (Å²) in [7, 11) is 0. The lowest BCUT2D eigenvalue weighted by molar-refractivity contribution is -0.117. The van der Waals surface area contributed by atoms with Crippen molar-refractivity contribution >= 4 is 38.8 Å². The second-order valence-corrected chi connectivity index (χ2v) is 12.8. The third-order valence-corrected chi connectivity index (χ3v) is 8.79. The number of primary amides is 1. The molecule has 0 saturated carbocycles. The van der Waals surface area contributed by atoms with Gasteiger partial charge in [0.05, 0.1) is 22.1 Å². The number of rotatable bonds is 6. The Hall–Kier alpha value is -4.31. The highest BCUT2D eigenvalue weighted by Gasteiger charge is 2.43. The van der Waals surface area contributed by atoms with E-state index in [1.54, 1.807) is 24.4 Å². The third kappa shape index (κ3) is 6.56. The minimum atomic E-state index is -0.620. The summed E-state index contributed by atoms with van der Waals surface area (Å²) >= 11 is 3.20. The van der Waals surface area contributed by atoms with E-state index in [2.05, 4.69) is 40.4 Å². The van der Waals surface area contributed by atoms with Gasteiger partial charge in [-0.25, -0.2) is 13.8 Å². The molecule has 2 aliphatic heterocycles. The van der Waals surface area contributed by atoms with Gasteiger partial charge in [-0.15, -0.1) is 0 Å². The molecule has 45 heavy (non-hydrogen) atoms. The zero-order valence-corrected chi connectivity index (χ0v) is 27.4. The third-order valence-electron chi connectivity index (χ3n) is 8.14. The Morgan fingerprint density at radius 3 is 2.42 bits per heavy atom. The topological polar surface area (TPSA) is 102 Å². The quantitative estimate of drug-likeness (QED) is 0.206. The molecule has 234 valence electrons. The highest BCUT2D eigenvalue weighted by atomic mass is 79.9. The van der Waals surface area contributed by atoms with Crippen LogP contribution in [0.15, 0.2) is 94.0 Å². The lowest BCUT2D eigenvalue weighted by Crippen LogP contribution is -2.34. The van der Waals surface area contributed by atoms with Gasteiger partial charge in [0.15, 0.2) is 0 Å². The summed E-state index contributed by atoms with van der Waals surface area (Å²) in [5.41, 5.74) is 11.7. The summed E-state index contributed by atoms with van der Waals surface area (Å²) in [6.45, 7) is 9.98. The highest BCUT2D eigenvalue weighted by molar-refractivity contribution is 9.10. The Bertz CT molecular complexity index is 1820. The van der Waals surface area contributed by atoms with Gasteiger partial charge < -0.3 is 20.9 Å². The molecule has 2 aliphatic rings. The average Bonchev–Trinajstić information content (AvgIpc) is 3.54. The van der Waals surface area contributed by atoms with Crippen molar-refractivity contribution in [1.29, 1.82) is 0 Å². The summed E-state index contributed by atoms with van der Waals surface area (Å²) in [6, 6.07) is 15.0. The van der Waals surface area contributed by atoms with Gasteiger partial charge in [-0.2, -0.15) is 0 Å². The molecule has 0 saturated heterocycles. The monoisotopic (exact) mass is 675 g/mol. The van der Waals surface area contributed by atoms with E-state index >= 15 is 0 Å². The first-order chi connectivity index (χ1) is 21.3. The van der Waals surface area contributed by atoms with E-state index in [-0.39, 0.29) is 35.5 Å². The summed E-state index contributed by atoms with van der Waals surface area (Å²) < 4.78 is 28.7. The van der Waals surface area contributed by atoms with Gasteiger partial charge in [-0.05, 0) is 96.6 Å². The zero-order valence-electron chi connectivity index (χ0n) is 25.8. The molecular formula is C35H36BrF2N5O2. The predicted octanol–water partition coefficient (Wildman–Crippen LogP) is 6.93. The van der Waals surface area contributed by atoms with Crippen molar-refractivity contribution in [2.45, 2.75) is 59.0 Å². The fourth-order valence-corrected chi connectivity index (χ4v) is 6.15. The maximum Gasteiger partial charge on any atom is 0.250 e. The number of aryl methyl sites for hydroxylation is 1. The van der Waals surface area contributed by atoms with Crippen molar-refractivity contribution in [3.05, 3.63) is 122 Å². The van der Waals surface area contributed by atoms with Crippen LogP contribution in [-0.2, 0) is 9.59 Å². The number of hydrogen-bond donors (Lipinski definition) is 3. The van der Waals surface area contributed by atoms with Crippen LogP contribution in [0.4, 0.5) is 8.78 Å². The van der Waals surface area contributed by atoms with Crippen molar-refractivity contribution in [2.75, 3.05) is 0 Å². The lowest BCUT2D eigenvalue weighted by atomic mass is 9.79. The van der Waals surface area contributed by atoms with Crippen LogP contribution >= 0.6 is 15.9 Å². The number of fused-ring (bicyclic) bond motifs is 1. The average molecular weight is 677 g/mol. The molecule has 0 aliphatic carbocycles. The number of carbonyl (C=O) groups is 2. The van der Waals surface area contributed by atoms with Crippen molar-refractivity contribution in [3.8, 4) is 0 Å². The number of nitrogens with two attached hydrogens (primary N) is 1. The number of hydrogen-bond acceptors (Lipinski definition) is 4. The van der Waals surface area contributed by atoms with Crippen LogP contribution in [0.3, 0.4) is 0 Å². The molecule has 7 nitrogen and oxygen atoms in total. The number of aromatic nitrogens is 2. The van der Waals surface area contributed by atoms with Gasteiger partial charge >= 0.3 is 0 Å². The summed E-state index contributed by atoms with van der Waals surface area (Å²) in [5, 5.41) is 7.17. The summed E-state index contributed by atoms with van der Waals surface area (Å²) in [6.07, 6.45) is 4.25. The second-order valence-electron chi connectivity index (χ2n) is 12.0. The Morgan fingerprint density at radius 1 is 1.09 bits per heavy atom. The molecule has 6 rings (SSSR count). The summed E-state index contributed by atoms with van der Waals surface area (Å²) in [5.74, 6) is -1.61. The Morgan fingerprint density at radius 2 is 1.80 bits per heavy atom. The molecule has 4 heterocycles. The highest BCUT2D eigenvalue weighted by Crippen LogP contribution is 2.42. The van der Waals surface area contributed by atoms with Crippen LogP contribution in [0, 0.1) is 24.5 Å². The molecule has 2 aromatic carbocycles. The number of halogens is 3. The first-order valence-corrected chi connectivity index (χ1v) is 15.6. The fourth-order valence-electron chi connectivity index (χ4n) is 5.90. The van der Waals surface area contributed by atoms with Crippen LogP contribution in [0.2, 0.25) is 0 Å². The Balaban J connectivity index is 0.000000436. The molecular weight excluding hydrogens is 640 g/mol. The van der Waals surface area contributed by atoms with Gasteiger partial charge in [-0.1, -0.05) is 37.6 Å². The largest absolute Gasteiger partial charge is 0.366 e. The van der Waals surface area contributed by atoms with Crippen molar-refractivity contribution < 1.29 is 18.4 Å². The van der Waals surface area contributed by atoms with Crippen LogP contribution < -0.4 is 16.4 Å². The SMILES string of the molecule is CC(C)CC1=C(C(N)=O)C(c2cnc3c(ccn3C(C)c3ccc(Br)c(F)c3)c2)C2=C(N1)C(C)NC2=O.Cc1ccc(F)cc1. The maximum atomic E-state index is 14.2. The number of amides is 2. The number of dihydropyridines is 1. The predicted molar refractivity (Wildman–Crippen MR) is 175 cm³/mol. The summed E-state index contributed by atoms with van der Waals surface area (Å²) in [4.78, 5) is 30.6. The van der Waals surface area contributed by atoms with E-state index in [4.69, 9.17) is 10.7 Å². The Kier molecular flexibility index (Phi) is 9.25. The molecule has 2 aromatic heterocycles. The first kappa shape index (κ1) is 32.1. The second kappa shape index (κ2) is 13.0. The van der Waals surface area contributed by atoms with Crippen molar-refractivity contribution in [1.82, 2.24) is 20.2 Å². The molecule has 0 fully saturated rings. The van der Waals surface area contributed by atoms with E-state index < -0.39 is 11.8 Å². The van der Waals surface area contributed by atoms with Crippen LogP contribution in [0.25, 0.3) is 11.0 Å². The molecule has 2 amide bonds. The van der Waals surface area contributed by atoms with Gasteiger partial charge in [0, 0.05) is 40.7 Å². The Labute approximate surface area is 269 Å². The van der Waals surface area contributed by atoms with Crippen LogP contribution in [-0.4, -0.2) is 27.4 Å². The van der Waals surface area contributed by atoms with Crippen LogP contribution in [0.1, 0.15) is 62.8 Å². The lowest BCUT2D eigenvalue weighted by Gasteiger charge is -2.30. The standard InChI is InChI=1S/C28H29BrFN5O2.C7H7F/c1-13(2)9-21-23(26(31)36)22(24-25(34-21)14(3)33-28(24)37)18-10-17-7-8-35(27(17)32-12-18)15(4)16-5-6-19(29)20(30)11-16;1-6-2-4-7(8)5-3-6/h5-8,10-15,22,34H,9H2,1-4H3,(H2,31,36)(H,33,37);2-5H,1H3. The van der Waals surface area contributed by atoms with Crippen LogP contribution in [0.5, 0.6) is 0 Å². The number of carbonyl (C=O) groups excluding carboxylic acids is 2. The number of nitrogens with one attached hydrogen (secondary N) is 2. The minimum Gasteiger partial charge on any atom is -0.366 e. The van der Waals surface area contributed by atoms with E-state index in [0.717, 1.165) is 39.1 Å². The van der Waals surface area contributed by atoms with Gasteiger partial charge in [-0.3, -0.25) is 9.59 Å². The van der Waals surface area contributed by atoms with Crippen molar-refractivity contribution in [3.63, 3.8) is 0 Å². The first-order valence-electron chi connectivity index (χ1n) is 14.8. The maximum absolute atomic E-state index is 14.2.